The van der Waals surface area contributed by atoms with Crippen molar-refractivity contribution in [3.05, 3.63) is 0 Å². The van der Waals surface area contributed by atoms with Crippen molar-refractivity contribution < 1.29 is 9.84 Å². The molecule has 1 rings (SSSR count). The molecule has 2 nitrogen and oxygen atoms in total. The van der Waals surface area contributed by atoms with Gasteiger partial charge in [-0.15, -0.1) is 12.3 Å². The average Bonchev–Trinajstić information content (AvgIpc) is 2.33. The van der Waals surface area contributed by atoms with Gasteiger partial charge in [0, 0.05) is 13.0 Å². The molecule has 0 aromatic heterocycles. The van der Waals surface area contributed by atoms with Crippen LogP contribution in [0.25, 0.3) is 0 Å². The highest BCUT2D eigenvalue weighted by atomic mass is 16.5. The van der Waals surface area contributed by atoms with E-state index in [-0.39, 0.29) is 11.7 Å². The lowest BCUT2D eigenvalue weighted by atomic mass is 9.75. The number of aliphatic hydroxyl groups is 1. The fraction of sp³-hybridized carbons (Fsp3) is 0.867. The molecule has 1 aliphatic rings. The maximum atomic E-state index is 10.4. The Labute approximate surface area is 106 Å². The van der Waals surface area contributed by atoms with Gasteiger partial charge in [-0.25, -0.2) is 0 Å². The van der Waals surface area contributed by atoms with Crippen molar-refractivity contribution in [1.82, 2.24) is 0 Å². The number of unbranched alkanes of at least 4 members (excludes halogenated alkanes) is 1. The molecule has 1 saturated carbocycles. The van der Waals surface area contributed by atoms with E-state index in [4.69, 9.17) is 11.2 Å². The monoisotopic (exact) mass is 238 g/mol. The van der Waals surface area contributed by atoms with Crippen LogP contribution in [0.2, 0.25) is 0 Å². The molecule has 0 radical (unpaired) electrons. The summed E-state index contributed by atoms with van der Waals surface area (Å²) in [6.45, 7) is 4.97. The zero-order valence-electron chi connectivity index (χ0n) is 11.2. The van der Waals surface area contributed by atoms with Gasteiger partial charge in [-0.05, 0) is 51.4 Å². The lowest BCUT2D eigenvalue weighted by molar-refractivity contribution is -0.146. The second-order valence-electron chi connectivity index (χ2n) is 5.29. The summed E-state index contributed by atoms with van der Waals surface area (Å²) < 4.78 is 5.91. The molecule has 1 atom stereocenters. The van der Waals surface area contributed by atoms with E-state index in [9.17, 15) is 5.11 Å². The maximum Gasteiger partial charge on any atom is 0.0940 e. The summed E-state index contributed by atoms with van der Waals surface area (Å²) in [7, 11) is 0. The third-order valence-electron chi connectivity index (χ3n) is 3.96. The Morgan fingerprint density at radius 3 is 2.65 bits per heavy atom. The SMILES string of the molecule is C#CCCCC(O)C1(OCC)CCC(C)CC1. The lowest BCUT2D eigenvalue weighted by Crippen LogP contribution is -2.47. The fourth-order valence-electron chi connectivity index (χ4n) is 2.77. The number of hydrogen-bond acceptors (Lipinski definition) is 2. The normalized spacial score (nSPS) is 30.8. The number of rotatable bonds is 6. The molecule has 1 fully saturated rings. The Bertz CT molecular complexity index is 246. The van der Waals surface area contributed by atoms with Crippen LogP contribution in [-0.4, -0.2) is 23.4 Å². The van der Waals surface area contributed by atoms with Crippen molar-refractivity contribution >= 4 is 0 Å². The minimum Gasteiger partial charge on any atom is -0.390 e. The smallest absolute Gasteiger partial charge is 0.0940 e. The Morgan fingerprint density at radius 1 is 1.47 bits per heavy atom. The Kier molecular flexibility index (Phi) is 6.02. The predicted molar refractivity (Wildman–Crippen MR) is 70.7 cm³/mol. The van der Waals surface area contributed by atoms with Crippen LogP contribution in [0, 0.1) is 18.3 Å². The zero-order chi connectivity index (χ0) is 12.7. The number of ether oxygens (including phenoxy) is 1. The van der Waals surface area contributed by atoms with E-state index in [0.717, 1.165) is 50.9 Å². The van der Waals surface area contributed by atoms with Crippen LogP contribution in [0.5, 0.6) is 0 Å². The molecule has 0 amide bonds. The molecule has 0 spiro atoms. The molecule has 0 aromatic carbocycles. The highest BCUT2D eigenvalue weighted by Gasteiger charge is 2.40. The molecular formula is C15H26O2. The van der Waals surface area contributed by atoms with E-state index in [1.807, 2.05) is 6.92 Å². The molecule has 0 bridgehead atoms. The molecule has 1 N–H and O–H groups in total. The predicted octanol–water partition coefficient (Wildman–Crippen LogP) is 3.14. The summed E-state index contributed by atoms with van der Waals surface area (Å²) in [4.78, 5) is 0. The molecular weight excluding hydrogens is 212 g/mol. The highest BCUT2D eigenvalue weighted by Crippen LogP contribution is 2.38. The van der Waals surface area contributed by atoms with Gasteiger partial charge in [-0.3, -0.25) is 0 Å². The standard InChI is InChI=1S/C15H26O2/c1-4-6-7-8-14(16)15(17-5-2)11-9-13(3)10-12-15/h1,13-14,16H,5-12H2,2-3H3. The van der Waals surface area contributed by atoms with E-state index in [1.54, 1.807) is 0 Å². The first-order valence-corrected chi connectivity index (χ1v) is 6.90. The Balaban J connectivity index is 2.54. The molecule has 0 saturated heterocycles. The molecule has 0 heterocycles. The number of terminal acetylenes is 1. The van der Waals surface area contributed by atoms with Gasteiger partial charge in [0.05, 0.1) is 11.7 Å². The molecule has 2 heteroatoms. The van der Waals surface area contributed by atoms with Crippen molar-refractivity contribution in [2.45, 2.75) is 70.5 Å². The Hall–Kier alpha value is -0.520. The summed E-state index contributed by atoms with van der Waals surface area (Å²) in [5, 5.41) is 10.4. The first-order chi connectivity index (χ1) is 8.14. The van der Waals surface area contributed by atoms with Gasteiger partial charge in [0.1, 0.15) is 0 Å². The van der Waals surface area contributed by atoms with Gasteiger partial charge >= 0.3 is 0 Å². The third-order valence-corrected chi connectivity index (χ3v) is 3.96. The first kappa shape index (κ1) is 14.5. The molecule has 0 aliphatic heterocycles. The fourth-order valence-corrected chi connectivity index (χ4v) is 2.77. The van der Waals surface area contributed by atoms with Gasteiger partial charge < -0.3 is 9.84 Å². The molecule has 17 heavy (non-hydrogen) atoms. The van der Waals surface area contributed by atoms with Crippen LogP contribution >= 0.6 is 0 Å². The summed E-state index contributed by atoms with van der Waals surface area (Å²) in [5.41, 5.74) is -0.296. The Morgan fingerprint density at radius 2 is 2.12 bits per heavy atom. The maximum absolute atomic E-state index is 10.4. The minimum atomic E-state index is -0.358. The van der Waals surface area contributed by atoms with E-state index in [2.05, 4.69) is 12.8 Å². The van der Waals surface area contributed by atoms with E-state index in [1.165, 1.54) is 0 Å². The van der Waals surface area contributed by atoms with Crippen molar-refractivity contribution in [1.29, 1.82) is 0 Å². The molecule has 98 valence electrons. The van der Waals surface area contributed by atoms with Gasteiger partial charge in [0.2, 0.25) is 0 Å². The lowest BCUT2D eigenvalue weighted by Gasteiger charge is -2.42. The molecule has 0 aromatic rings. The zero-order valence-corrected chi connectivity index (χ0v) is 11.2. The average molecular weight is 238 g/mol. The van der Waals surface area contributed by atoms with Crippen LogP contribution in [0.4, 0.5) is 0 Å². The molecule has 1 unspecified atom stereocenters. The second-order valence-corrected chi connectivity index (χ2v) is 5.29. The van der Waals surface area contributed by atoms with E-state index >= 15 is 0 Å². The van der Waals surface area contributed by atoms with Crippen molar-refractivity contribution in [2.75, 3.05) is 6.61 Å². The van der Waals surface area contributed by atoms with Crippen LogP contribution in [-0.2, 0) is 4.74 Å². The van der Waals surface area contributed by atoms with Gasteiger partial charge in [-0.1, -0.05) is 6.92 Å². The van der Waals surface area contributed by atoms with Gasteiger partial charge in [0.15, 0.2) is 0 Å². The van der Waals surface area contributed by atoms with Crippen molar-refractivity contribution in [2.24, 2.45) is 5.92 Å². The molecule has 1 aliphatic carbocycles. The van der Waals surface area contributed by atoms with Crippen LogP contribution in [0.1, 0.15) is 58.8 Å². The summed E-state index contributed by atoms with van der Waals surface area (Å²) in [6, 6.07) is 0. The summed E-state index contributed by atoms with van der Waals surface area (Å²) in [6.07, 6.45) is 11.6. The highest BCUT2D eigenvalue weighted by molar-refractivity contribution is 4.93. The largest absolute Gasteiger partial charge is 0.390 e. The number of hydrogen-bond donors (Lipinski definition) is 1. The van der Waals surface area contributed by atoms with Gasteiger partial charge in [-0.2, -0.15) is 0 Å². The number of aliphatic hydroxyl groups excluding tert-OH is 1. The van der Waals surface area contributed by atoms with E-state index in [0.29, 0.717) is 6.61 Å². The quantitative estimate of drug-likeness (QED) is 0.569. The van der Waals surface area contributed by atoms with Crippen LogP contribution < -0.4 is 0 Å². The van der Waals surface area contributed by atoms with Crippen LogP contribution in [0.15, 0.2) is 0 Å². The summed E-state index contributed by atoms with van der Waals surface area (Å²) in [5.74, 6) is 3.39. The van der Waals surface area contributed by atoms with Gasteiger partial charge in [0.25, 0.3) is 0 Å². The summed E-state index contributed by atoms with van der Waals surface area (Å²) >= 11 is 0. The van der Waals surface area contributed by atoms with Crippen LogP contribution in [0.3, 0.4) is 0 Å². The minimum absolute atomic E-state index is 0.296. The second kappa shape index (κ2) is 7.03. The topological polar surface area (TPSA) is 29.5 Å². The first-order valence-electron chi connectivity index (χ1n) is 6.90. The van der Waals surface area contributed by atoms with Crippen molar-refractivity contribution in [3.63, 3.8) is 0 Å². The third kappa shape index (κ3) is 4.01. The van der Waals surface area contributed by atoms with Crippen molar-refractivity contribution in [3.8, 4) is 12.3 Å². The van der Waals surface area contributed by atoms with E-state index < -0.39 is 0 Å².